The third-order valence-electron chi connectivity index (χ3n) is 3.65. The highest BCUT2D eigenvalue weighted by molar-refractivity contribution is 5.35. The van der Waals surface area contributed by atoms with Gasteiger partial charge in [-0.25, -0.2) is 8.78 Å². The summed E-state index contributed by atoms with van der Waals surface area (Å²) in [7, 11) is 0. The lowest BCUT2D eigenvalue weighted by molar-refractivity contribution is -0.0453. The van der Waals surface area contributed by atoms with Crippen LogP contribution in [-0.2, 0) is 5.41 Å². The molecule has 1 fully saturated rings. The predicted molar refractivity (Wildman–Crippen MR) is 61.9 cm³/mol. The second-order valence-corrected chi connectivity index (χ2v) is 4.92. The number of halogens is 2. The second kappa shape index (κ2) is 4.10. The van der Waals surface area contributed by atoms with Crippen LogP contribution in [0.15, 0.2) is 24.3 Å². The van der Waals surface area contributed by atoms with Gasteiger partial charge in [0.1, 0.15) is 0 Å². The molecule has 1 aliphatic carbocycles. The van der Waals surface area contributed by atoms with Crippen molar-refractivity contribution >= 4 is 0 Å². The zero-order valence-corrected chi connectivity index (χ0v) is 9.84. The van der Waals surface area contributed by atoms with Crippen LogP contribution in [0, 0.1) is 18.3 Å². The van der Waals surface area contributed by atoms with Crippen LogP contribution in [-0.4, -0.2) is 5.92 Å². The minimum atomic E-state index is -2.59. The van der Waals surface area contributed by atoms with Crippen molar-refractivity contribution in [3.8, 4) is 6.07 Å². The van der Waals surface area contributed by atoms with E-state index < -0.39 is 11.3 Å². The summed E-state index contributed by atoms with van der Waals surface area (Å²) in [6.07, 6.45) is 0.127. The highest BCUT2D eigenvalue weighted by Gasteiger charge is 2.44. The molecule has 0 aromatic heterocycles. The molecule has 1 aromatic carbocycles. The fourth-order valence-electron chi connectivity index (χ4n) is 2.38. The molecule has 0 saturated heterocycles. The molecule has 3 heteroatoms. The van der Waals surface area contributed by atoms with Crippen molar-refractivity contribution < 1.29 is 8.78 Å². The average molecular weight is 235 g/mol. The van der Waals surface area contributed by atoms with Gasteiger partial charge in [0.2, 0.25) is 5.92 Å². The minimum absolute atomic E-state index is 0.186. The highest BCUT2D eigenvalue weighted by atomic mass is 19.3. The summed E-state index contributed by atoms with van der Waals surface area (Å²) in [5.74, 6) is -2.59. The van der Waals surface area contributed by atoms with Gasteiger partial charge in [0.15, 0.2) is 0 Å². The largest absolute Gasteiger partial charge is 0.248 e. The Hall–Kier alpha value is -1.43. The van der Waals surface area contributed by atoms with Crippen LogP contribution in [0.25, 0.3) is 0 Å². The molecule has 17 heavy (non-hydrogen) atoms. The van der Waals surface area contributed by atoms with Gasteiger partial charge in [-0.15, -0.1) is 0 Å². The molecular formula is C14H15F2N. The molecule has 90 valence electrons. The Kier molecular flexibility index (Phi) is 2.91. The molecule has 0 radical (unpaired) electrons. The van der Waals surface area contributed by atoms with E-state index >= 15 is 0 Å². The monoisotopic (exact) mass is 235 g/mol. The van der Waals surface area contributed by atoms with Gasteiger partial charge in [-0.1, -0.05) is 29.8 Å². The van der Waals surface area contributed by atoms with E-state index in [0.29, 0.717) is 0 Å². The Balaban J connectivity index is 2.28. The van der Waals surface area contributed by atoms with Gasteiger partial charge in [0.05, 0.1) is 11.5 Å². The Morgan fingerprint density at radius 2 is 1.59 bits per heavy atom. The number of rotatable bonds is 1. The van der Waals surface area contributed by atoms with Crippen LogP contribution in [0.3, 0.4) is 0 Å². The van der Waals surface area contributed by atoms with Crippen LogP contribution in [0.1, 0.15) is 36.8 Å². The topological polar surface area (TPSA) is 23.8 Å². The van der Waals surface area contributed by atoms with Crippen LogP contribution in [0.4, 0.5) is 8.78 Å². The fourth-order valence-corrected chi connectivity index (χ4v) is 2.38. The first-order valence-corrected chi connectivity index (χ1v) is 5.84. The van der Waals surface area contributed by atoms with E-state index in [1.807, 2.05) is 31.2 Å². The molecule has 1 saturated carbocycles. The standard InChI is InChI=1S/C14H15F2N/c1-11-2-4-12(5-3-11)13(10-17)6-8-14(15,16)9-7-13/h2-5H,6-9H2,1H3. The maximum absolute atomic E-state index is 13.2. The summed E-state index contributed by atoms with van der Waals surface area (Å²) < 4.78 is 26.3. The smallest absolute Gasteiger partial charge is 0.207 e. The quantitative estimate of drug-likeness (QED) is 0.722. The first kappa shape index (κ1) is 12.0. The number of alkyl halides is 2. The summed E-state index contributed by atoms with van der Waals surface area (Å²) in [6, 6.07) is 9.90. The Labute approximate surface area is 100 Å². The Morgan fingerprint density at radius 1 is 1.06 bits per heavy atom. The Morgan fingerprint density at radius 3 is 2.06 bits per heavy atom. The van der Waals surface area contributed by atoms with Crippen molar-refractivity contribution in [2.24, 2.45) is 0 Å². The van der Waals surface area contributed by atoms with Gasteiger partial charge in [-0.2, -0.15) is 5.26 Å². The van der Waals surface area contributed by atoms with Gasteiger partial charge >= 0.3 is 0 Å². The van der Waals surface area contributed by atoms with Crippen LogP contribution in [0.5, 0.6) is 0 Å². The molecule has 0 amide bonds. The molecule has 1 nitrogen and oxygen atoms in total. The molecule has 0 unspecified atom stereocenters. The number of nitriles is 1. The second-order valence-electron chi connectivity index (χ2n) is 4.92. The number of hydrogen-bond acceptors (Lipinski definition) is 1. The van der Waals surface area contributed by atoms with Crippen molar-refractivity contribution in [1.29, 1.82) is 5.26 Å². The summed E-state index contributed by atoms with van der Waals surface area (Å²) in [6.45, 7) is 1.97. The zero-order valence-electron chi connectivity index (χ0n) is 9.84. The maximum Gasteiger partial charge on any atom is 0.248 e. The summed E-state index contributed by atoms with van der Waals surface area (Å²) in [4.78, 5) is 0. The molecule has 0 spiro atoms. The van der Waals surface area contributed by atoms with Gasteiger partial charge in [-0.05, 0) is 25.3 Å². The van der Waals surface area contributed by atoms with Crippen LogP contribution < -0.4 is 0 Å². The molecule has 0 aliphatic heterocycles. The van der Waals surface area contributed by atoms with Crippen molar-refractivity contribution in [2.75, 3.05) is 0 Å². The van der Waals surface area contributed by atoms with E-state index in [2.05, 4.69) is 6.07 Å². The van der Waals surface area contributed by atoms with Gasteiger partial charge in [-0.3, -0.25) is 0 Å². The minimum Gasteiger partial charge on any atom is -0.207 e. The fraction of sp³-hybridized carbons (Fsp3) is 0.500. The summed E-state index contributed by atoms with van der Waals surface area (Å²) >= 11 is 0. The number of aryl methyl sites for hydroxylation is 1. The zero-order chi connectivity index (χ0) is 12.5. The van der Waals surface area contributed by atoms with E-state index in [0.717, 1.165) is 11.1 Å². The van der Waals surface area contributed by atoms with Crippen molar-refractivity contribution in [3.05, 3.63) is 35.4 Å². The molecule has 2 rings (SSSR count). The molecule has 1 aromatic rings. The normalized spacial score (nSPS) is 21.8. The number of nitrogens with zero attached hydrogens (tertiary/aromatic N) is 1. The molecule has 0 N–H and O–H groups in total. The average Bonchev–Trinajstić information content (AvgIpc) is 2.31. The third kappa shape index (κ3) is 2.31. The van der Waals surface area contributed by atoms with Crippen LogP contribution >= 0.6 is 0 Å². The lowest BCUT2D eigenvalue weighted by atomic mass is 9.69. The number of benzene rings is 1. The van der Waals surface area contributed by atoms with Crippen LogP contribution in [0.2, 0.25) is 0 Å². The molecule has 0 heterocycles. The SMILES string of the molecule is Cc1ccc(C2(C#N)CCC(F)(F)CC2)cc1. The third-order valence-corrected chi connectivity index (χ3v) is 3.65. The van der Waals surface area contributed by atoms with E-state index in [1.165, 1.54) is 0 Å². The molecule has 0 bridgehead atoms. The lowest BCUT2D eigenvalue weighted by Crippen LogP contribution is -2.35. The van der Waals surface area contributed by atoms with Gasteiger partial charge in [0.25, 0.3) is 0 Å². The van der Waals surface area contributed by atoms with E-state index in [1.54, 1.807) is 0 Å². The van der Waals surface area contributed by atoms with E-state index in [4.69, 9.17) is 0 Å². The van der Waals surface area contributed by atoms with Gasteiger partial charge < -0.3 is 0 Å². The number of hydrogen-bond donors (Lipinski definition) is 0. The molecular weight excluding hydrogens is 220 g/mol. The molecule has 1 aliphatic rings. The summed E-state index contributed by atoms with van der Waals surface area (Å²) in [5, 5.41) is 9.34. The van der Waals surface area contributed by atoms with Gasteiger partial charge in [0, 0.05) is 12.8 Å². The highest BCUT2D eigenvalue weighted by Crippen LogP contribution is 2.44. The van der Waals surface area contributed by atoms with Crippen molar-refractivity contribution in [2.45, 2.75) is 43.9 Å². The van der Waals surface area contributed by atoms with Crippen molar-refractivity contribution in [1.82, 2.24) is 0 Å². The van der Waals surface area contributed by atoms with Crippen molar-refractivity contribution in [3.63, 3.8) is 0 Å². The predicted octanol–water partition coefficient (Wildman–Crippen LogP) is 3.97. The maximum atomic E-state index is 13.2. The van der Waals surface area contributed by atoms with E-state index in [9.17, 15) is 14.0 Å². The summed E-state index contributed by atoms with van der Waals surface area (Å²) in [5.41, 5.74) is 1.28. The first-order valence-electron chi connectivity index (χ1n) is 5.84. The first-order chi connectivity index (χ1) is 7.97. The molecule has 0 atom stereocenters. The Bertz CT molecular complexity index is 432. The lowest BCUT2D eigenvalue weighted by Gasteiger charge is -2.35. The van der Waals surface area contributed by atoms with E-state index in [-0.39, 0.29) is 25.7 Å².